The van der Waals surface area contributed by atoms with Gasteiger partial charge in [-0.2, -0.15) is 0 Å². The van der Waals surface area contributed by atoms with Crippen molar-refractivity contribution in [2.24, 2.45) is 5.73 Å². The Hall–Kier alpha value is -2.50. The number of rotatable bonds is 4. The molecule has 3 atom stereocenters. The number of aromatic nitrogens is 3. The molecule has 0 fully saturated rings. The molecule has 5 heteroatoms. The average molecular weight is 374 g/mol. The van der Waals surface area contributed by atoms with E-state index in [2.05, 4.69) is 52.4 Å². The highest BCUT2D eigenvalue weighted by Crippen LogP contribution is 2.36. The zero-order valence-electron chi connectivity index (χ0n) is 16.1. The van der Waals surface area contributed by atoms with Crippen molar-refractivity contribution in [2.75, 3.05) is 0 Å². The monoisotopic (exact) mass is 373 g/mol. The SMILES string of the molecule is NC1C=CC(N(Cc2nc3ccccc3[nH]2)[C@H]2CCCc3cccnc32)CC1. The Labute approximate surface area is 165 Å². The fourth-order valence-electron chi connectivity index (χ4n) is 4.72. The van der Waals surface area contributed by atoms with Crippen molar-refractivity contribution in [3.63, 3.8) is 0 Å². The van der Waals surface area contributed by atoms with Crippen LogP contribution in [0.25, 0.3) is 11.0 Å². The van der Waals surface area contributed by atoms with Gasteiger partial charge in [0, 0.05) is 18.3 Å². The third-order valence-electron chi connectivity index (χ3n) is 6.14. The third kappa shape index (κ3) is 3.36. The predicted molar refractivity (Wildman–Crippen MR) is 112 cm³/mol. The number of hydrogen-bond acceptors (Lipinski definition) is 4. The Morgan fingerprint density at radius 3 is 2.86 bits per heavy atom. The molecule has 2 heterocycles. The van der Waals surface area contributed by atoms with E-state index >= 15 is 0 Å². The van der Waals surface area contributed by atoms with Gasteiger partial charge in [0.05, 0.1) is 29.3 Å². The van der Waals surface area contributed by atoms with E-state index in [0.717, 1.165) is 49.1 Å². The van der Waals surface area contributed by atoms with Gasteiger partial charge in [-0.15, -0.1) is 0 Å². The van der Waals surface area contributed by atoms with E-state index in [0.29, 0.717) is 12.1 Å². The van der Waals surface area contributed by atoms with Gasteiger partial charge < -0.3 is 10.7 Å². The molecule has 5 rings (SSSR count). The molecule has 1 aromatic carbocycles. The molecular weight excluding hydrogens is 346 g/mol. The van der Waals surface area contributed by atoms with Gasteiger partial charge in [-0.3, -0.25) is 9.88 Å². The largest absolute Gasteiger partial charge is 0.341 e. The molecule has 0 bridgehead atoms. The molecule has 0 aliphatic heterocycles. The van der Waals surface area contributed by atoms with Crippen LogP contribution in [0.5, 0.6) is 0 Å². The van der Waals surface area contributed by atoms with Gasteiger partial charge >= 0.3 is 0 Å². The first-order valence-electron chi connectivity index (χ1n) is 10.3. The minimum Gasteiger partial charge on any atom is -0.341 e. The van der Waals surface area contributed by atoms with Gasteiger partial charge in [-0.05, 0) is 55.9 Å². The summed E-state index contributed by atoms with van der Waals surface area (Å²) in [4.78, 5) is 15.7. The standard InChI is InChI=1S/C23H27N5/c24-17-10-12-18(13-11-17)28(15-22-26-19-7-1-2-8-20(19)27-22)21-9-3-5-16-6-4-14-25-23(16)21/h1-2,4,6-8,10,12,14,17-18,21H,3,5,9,11,13,15,24H2,(H,26,27)/t17?,18?,21-/m0/s1. The number of aryl methyl sites for hydroxylation is 1. The van der Waals surface area contributed by atoms with Gasteiger partial charge in [-0.25, -0.2) is 4.98 Å². The van der Waals surface area contributed by atoms with E-state index in [-0.39, 0.29) is 6.04 Å². The fraction of sp³-hybridized carbons (Fsp3) is 0.391. The van der Waals surface area contributed by atoms with Crippen molar-refractivity contribution in [3.05, 3.63) is 71.8 Å². The number of para-hydroxylation sites is 2. The molecule has 5 nitrogen and oxygen atoms in total. The minimum atomic E-state index is 0.182. The Bertz CT molecular complexity index is 958. The summed E-state index contributed by atoms with van der Waals surface area (Å²) in [5.41, 5.74) is 10.9. The minimum absolute atomic E-state index is 0.182. The lowest BCUT2D eigenvalue weighted by Crippen LogP contribution is -2.41. The van der Waals surface area contributed by atoms with E-state index in [9.17, 15) is 0 Å². The fourth-order valence-corrected chi connectivity index (χ4v) is 4.72. The number of pyridine rings is 1. The van der Waals surface area contributed by atoms with Crippen LogP contribution >= 0.6 is 0 Å². The Balaban J connectivity index is 1.51. The molecule has 0 radical (unpaired) electrons. The summed E-state index contributed by atoms with van der Waals surface area (Å²) in [6, 6.07) is 13.4. The van der Waals surface area contributed by atoms with Crippen molar-refractivity contribution in [3.8, 4) is 0 Å². The van der Waals surface area contributed by atoms with Crippen LogP contribution < -0.4 is 5.73 Å². The molecule has 3 aromatic rings. The molecular formula is C23H27N5. The Morgan fingerprint density at radius 1 is 1.07 bits per heavy atom. The van der Waals surface area contributed by atoms with Gasteiger partial charge in [0.1, 0.15) is 5.82 Å². The topological polar surface area (TPSA) is 70.8 Å². The van der Waals surface area contributed by atoms with Gasteiger partial charge in [-0.1, -0.05) is 30.4 Å². The highest BCUT2D eigenvalue weighted by Gasteiger charge is 2.32. The third-order valence-corrected chi connectivity index (χ3v) is 6.14. The van der Waals surface area contributed by atoms with Crippen LogP contribution in [0.2, 0.25) is 0 Å². The summed E-state index contributed by atoms with van der Waals surface area (Å²) in [6.07, 6.45) is 12.0. The number of benzene rings is 1. The highest BCUT2D eigenvalue weighted by molar-refractivity contribution is 5.74. The zero-order valence-corrected chi connectivity index (χ0v) is 16.1. The summed E-state index contributed by atoms with van der Waals surface area (Å²) >= 11 is 0. The van der Waals surface area contributed by atoms with Crippen molar-refractivity contribution < 1.29 is 0 Å². The number of fused-ring (bicyclic) bond motifs is 2. The maximum atomic E-state index is 6.12. The number of hydrogen-bond donors (Lipinski definition) is 2. The van der Waals surface area contributed by atoms with Crippen LogP contribution in [0, 0.1) is 0 Å². The Morgan fingerprint density at radius 2 is 2.00 bits per heavy atom. The maximum Gasteiger partial charge on any atom is 0.121 e. The summed E-state index contributed by atoms with van der Waals surface area (Å²) in [5, 5.41) is 0. The Kier molecular flexibility index (Phi) is 4.71. The summed E-state index contributed by atoms with van der Waals surface area (Å²) < 4.78 is 0. The normalized spacial score (nSPS) is 24.6. The molecule has 2 aromatic heterocycles. The summed E-state index contributed by atoms with van der Waals surface area (Å²) in [7, 11) is 0. The molecule has 144 valence electrons. The molecule has 2 aliphatic rings. The van der Waals surface area contributed by atoms with Crippen molar-refractivity contribution >= 4 is 11.0 Å². The number of nitrogens with one attached hydrogen (secondary N) is 1. The van der Waals surface area contributed by atoms with Crippen molar-refractivity contribution in [1.29, 1.82) is 0 Å². The second kappa shape index (κ2) is 7.49. The molecule has 0 spiro atoms. The second-order valence-electron chi connectivity index (χ2n) is 8.02. The molecule has 0 saturated carbocycles. The van der Waals surface area contributed by atoms with Crippen molar-refractivity contribution in [2.45, 2.75) is 56.8 Å². The second-order valence-corrected chi connectivity index (χ2v) is 8.02. The molecule has 0 saturated heterocycles. The number of nitrogens with two attached hydrogens (primary N) is 1. The maximum absolute atomic E-state index is 6.12. The zero-order chi connectivity index (χ0) is 18.9. The summed E-state index contributed by atoms with van der Waals surface area (Å²) in [5.74, 6) is 1.02. The highest BCUT2D eigenvalue weighted by atomic mass is 15.2. The lowest BCUT2D eigenvalue weighted by molar-refractivity contribution is 0.118. The first-order chi connectivity index (χ1) is 13.8. The number of H-pyrrole nitrogens is 1. The molecule has 2 unspecified atom stereocenters. The molecule has 0 amide bonds. The van der Waals surface area contributed by atoms with Crippen molar-refractivity contribution in [1.82, 2.24) is 19.9 Å². The van der Waals surface area contributed by atoms with E-state index in [1.807, 2.05) is 12.3 Å². The summed E-state index contributed by atoms with van der Waals surface area (Å²) in [6.45, 7) is 0.791. The van der Waals surface area contributed by atoms with Crippen LogP contribution in [-0.2, 0) is 13.0 Å². The quantitative estimate of drug-likeness (QED) is 0.681. The number of nitrogens with zero attached hydrogens (tertiary/aromatic N) is 3. The smallest absolute Gasteiger partial charge is 0.121 e. The van der Waals surface area contributed by atoms with Crippen LogP contribution in [0.1, 0.15) is 48.8 Å². The van der Waals surface area contributed by atoms with Gasteiger partial charge in [0.25, 0.3) is 0 Å². The lowest BCUT2D eigenvalue weighted by atomic mass is 9.88. The first kappa shape index (κ1) is 17.6. The van der Waals surface area contributed by atoms with Gasteiger partial charge in [0.2, 0.25) is 0 Å². The molecule has 28 heavy (non-hydrogen) atoms. The number of imidazole rings is 1. The molecule has 3 N–H and O–H groups in total. The van der Waals surface area contributed by atoms with Crippen LogP contribution in [0.3, 0.4) is 0 Å². The van der Waals surface area contributed by atoms with Crippen LogP contribution in [0.15, 0.2) is 54.7 Å². The molecule has 2 aliphatic carbocycles. The van der Waals surface area contributed by atoms with Crippen LogP contribution in [-0.4, -0.2) is 31.9 Å². The van der Waals surface area contributed by atoms with E-state index in [4.69, 9.17) is 15.7 Å². The first-order valence-corrected chi connectivity index (χ1v) is 10.3. The van der Waals surface area contributed by atoms with Gasteiger partial charge in [0.15, 0.2) is 0 Å². The van der Waals surface area contributed by atoms with E-state index < -0.39 is 0 Å². The van der Waals surface area contributed by atoms with E-state index in [1.54, 1.807) is 0 Å². The average Bonchev–Trinajstić information content (AvgIpc) is 3.15. The predicted octanol–water partition coefficient (Wildman–Crippen LogP) is 3.88. The van der Waals surface area contributed by atoms with E-state index in [1.165, 1.54) is 17.7 Å². The van der Waals surface area contributed by atoms with Crippen LogP contribution in [0.4, 0.5) is 0 Å². The lowest BCUT2D eigenvalue weighted by Gasteiger charge is -2.40. The number of aromatic amines is 1.